The Labute approximate surface area is 109 Å². The topological polar surface area (TPSA) is 9.23 Å². The molecule has 0 amide bonds. The monoisotopic (exact) mass is 382 g/mol. The molecule has 0 unspecified atom stereocenters. The van der Waals surface area contributed by atoms with E-state index >= 15 is 0 Å². The van der Waals surface area contributed by atoms with E-state index in [1.54, 1.807) is 11.3 Å². The summed E-state index contributed by atoms with van der Waals surface area (Å²) in [6, 6.07) is 6.32. The number of benzene rings is 1. The fourth-order valence-electron chi connectivity index (χ4n) is 1.32. The van der Waals surface area contributed by atoms with Gasteiger partial charge in [-0.15, -0.1) is 11.3 Å². The maximum atomic E-state index is 5.59. The smallest absolute Gasteiger partial charge is 0.138 e. The fraction of sp³-hybridized carbons (Fsp3) is 0.200. The van der Waals surface area contributed by atoms with Crippen molar-refractivity contribution in [1.29, 1.82) is 0 Å². The molecule has 14 heavy (non-hydrogen) atoms. The zero-order valence-electron chi connectivity index (χ0n) is 7.51. The lowest BCUT2D eigenvalue weighted by Crippen LogP contribution is -1.90. The molecule has 74 valence electrons. The van der Waals surface area contributed by atoms with Gasteiger partial charge in [0.25, 0.3) is 0 Å². The van der Waals surface area contributed by atoms with Gasteiger partial charge in [-0.25, -0.2) is 0 Å². The van der Waals surface area contributed by atoms with E-state index in [1.807, 2.05) is 13.0 Å². The number of ether oxygens (including phenoxy) is 1. The molecule has 0 fully saturated rings. The van der Waals surface area contributed by atoms with Crippen molar-refractivity contribution < 1.29 is 4.74 Å². The van der Waals surface area contributed by atoms with Crippen LogP contribution in [-0.4, -0.2) is 6.61 Å². The minimum atomic E-state index is 0.708. The molecule has 0 saturated heterocycles. The number of hydrogen-bond donors (Lipinski definition) is 0. The highest BCUT2D eigenvalue weighted by atomic mass is 127. The Bertz CT molecular complexity index is 466. The number of hydrogen-bond acceptors (Lipinski definition) is 2. The van der Waals surface area contributed by atoms with Crippen molar-refractivity contribution in [3.05, 3.63) is 25.6 Å². The minimum absolute atomic E-state index is 0.708. The largest absolute Gasteiger partial charge is 0.492 e. The fourth-order valence-corrected chi connectivity index (χ4v) is 3.60. The second-order valence-electron chi connectivity index (χ2n) is 2.81. The SMILES string of the molecule is CCOc1cc(Br)cc2cc(I)sc12. The van der Waals surface area contributed by atoms with Gasteiger partial charge in [-0.3, -0.25) is 0 Å². The Morgan fingerprint density at radius 1 is 1.43 bits per heavy atom. The summed E-state index contributed by atoms with van der Waals surface area (Å²) >= 11 is 7.59. The van der Waals surface area contributed by atoms with Crippen LogP contribution in [0.1, 0.15) is 6.92 Å². The molecule has 0 aliphatic rings. The highest BCUT2D eigenvalue weighted by molar-refractivity contribution is 14.1. The summed E-state index contributed by atoms with van der Waals surface area (Å²) in [6.07, 6.45) is 0. The molecule has 0 bridgehead atoms. The summed E-state index contributed by atoms with van der Waals surface area (Å²) in [6.45, 7) is 2.71. The van der Waals surface area contributed by atoms with Crippen LogP contribution in [0.5, 0.6) is 5.75 Å². The normalized spacial score (nSPS) is 10.8. The van der Waals surface area contributed by atoms with E-state index in [0.29, 0.717) is 6.61 Å². The van der Waals surface area contributed by atoms with Crippen LogP contribution in [0.15, 0.2) is 22.7 Å². The molecule has 0 atom stereocenters. The van der Waals surface area contributed by atoms with Crippen LogP contribution in [0.2, 0.25) is 0 Å². The van der Waals surface area contributed by atoms with E-state index in [1.165, 1.54) is 13.0 Å². The standard InChI is InChI=1S/C10H8BrIOS/c1-2-13-8-5-7(11)3-6-4-9(12)14-10(6)8/h3-5H,2H2,1H3. The van der Waals surface area contributed by atoms with Crippen LogP contribution < -0.4 is 4.74 Å². The van der Waals surface area contributed by atoms with Gasteiger partial charge < -0.3 is 4.74 Å². The molecule has 0 aliphatic carbocycles. The van der Waals surface area contributed by atoms with Gasteiger partial charge in [0.2, 0.25) is 0 Å². The average Bonchev–Trinajstić information content (AvgIpc) is 2.45. The first-order chi connectivity index (χ1) is 6.70. The molecule has 4 heteroatoms. The lowest BCUT2D eigenvalue weighted by Gasteiger charge is -2.04. The van der Waals surface area contributed by atoms with Gasteiger partial charge in [0.15, 0.2) is 0 Å². The quantitative estimate of drug-likeness (QED) is 0.686. The Hall–Kier alpha value is 0.190. The Morgan fingerprint density at radius 2 is 2.21 bits per heavy atom. The van der Waals surface area contributed by atoms with Gasteiger partial charge in [-0.1, -0.05) is 15.9 Å². The molecule has 1 nitrogen and oxygen atoms in total. The Balaban J connectivity index is 2.66. The maximum Gasteiger partial charge on any atom is 0.138 e. The molecular weight excluding hydrogens is 375 g/mol. The summed E-state index contributed by atoms with van der Waals surface area (Å²) in [5, 5.41) is 1.25. The van der Waals surface area contributed by atoms with Crippen LogP contribution in [0.4, 0.5) is 0 Å². The van der Waals surface area contributed by atoms with E-state index in [2.05, 4.69) is 50.7 Å². The van der Waals surface area contributed by atoms with E-state index in [4.69, 9.17) is 4.74 Å². The van der Waals surface area contributed by atoms with Crippen LogP contribution in [0, 0.1) is 2.88 Å². The summed E-state index contributed by atoms with van der Waals surface area (Å²) in [5.74, 6) is 0.977. The number of halogens is 2. The van der Waals surface area contributed by atoms with Crippen molar-refractivity contribution in [3.63, 3.8) is 0 Å². The number of fused-ring (bicyclic) bond motifs is 1. The molecule has 0 radical (unpaired) electrons. The van der Waals surface area contributed by atoms with Gasteiger partial charge in [0.1, 0.15) is 5.75 Å². The zero-order chi connectivity index (χ0) is 10.1. The van der Waals surface area contributed by atoms with Crippen LogP contribution in [0.25, 0.3) is 10.1 Å². The first-order valence-electron chi connectivity index (χ1n) is 4.22. The third-order valence-electron chi connectivity index (χ3n) is 1.82. The van der Waals surface area contributed by atoms with E-state index < -0.39 is 0 Å². The maximum absolute atomic E-state index is 5.59. The molecule has 2 aromatic rings. The predicted molar refractivity (Wildman–Crippen MR) is 73.4 cm³/mol. The summed E-state index contributed by atoms with van der Waals surface area (Å²) in [4.78, 5) is 0. The van der Waals surface area contributed by atoms with Crippen molar-refractivity contribution in [2.24, 2.45) is 0 Å². The predicted octanol–water partition coefficient (Wildman–Crippen LogP) is 4.67. The Kier molecular flexibility index (Phi) is 3.34. The third kappa shape index (κ3) is 2.06. The van der Waals surface area contributed by atoms with Gasteiger partial charge in [0, 0.05) is 4.47 Å². The van der Waals surface area contributed by atoms with Gasteiger partial charge in [-0.2, -0.15) is 0 Å². The molecule has 1 heterocycles. The second-order valence-corrected chi connectivity index (χ2v) is 6.67. The summed E-state index contributed by atoms with van der Waals surface area (Å²) in [5.41, 5.74) is 0. The van der Waals surface area contributed by atoms with Crippen molar-refractivity contribution in [1.82, 2.24) is 0 Å². The van der Waals surface area contributed by atoms with Crippen LogP contribution >= 0.6 is 49.9 Å². The molecule has 1 aromatic carbocycles. The highest BCUT2D eigenvalue weighted by Crippen LogP contribution is 2.36. The third-order valence-corrected chi connectivity index (χ3v) is 4.20. The number of thiophene rings is 1. The van der Waals surface area contributed by atoms with Gasteiger partial charge in [0.05, 0.1) is 14.2 Å². The minimum Gasteiger partial charge on any atom is -0.492 e. The molecule has 1 aromatic heterocycles. The van der Waals surface area contributed by atoms with E-state index in [9.17, 15) is 0 Å². The molecule has 0 saturated carbocycles. The van der Waals surface area contributed by atoms with Gasteiger partial charge in [-0.05, 0) is 53.1 Å². The number of rotatable bonds is 2. The van der Waals surface area contributed by atoms with Crippen molar-refractivity contribution >= 4 is 59.9 Å². The van der Waals surface area contributed by atoms with Crippen LogP contribution in [-0.2, 0) is 0 Å². The van der Waals surface area contributed by atoms with Crippen molar-refractivity contribution in [3.8, 4) is 5.75 Å². The van der Waals surface area contributed by atoms with Crippen molar-refractivity contribution in [2.75, 3.05) is 6.61 Å². The van der Waals surface area contributed by atoms with E-state index in [0.717, 1.165) is 10.2 Å². The molecular formula is C10H8BrIOS. The van der Waals surface area contributed by atoms with Gasteiger partial charge >= 0.3 is 0 Å². The molecule has 0 aliphatic heterocycles. The molecule has 0 spiro atoms. The first-order valence-corrected chi connectivity index (χ1v) is 6.91. The highest BCUT2D eigenvalue weighted by Gasteiger charge is 2.07. The first kappa shape index (κ1) is 10.7. The second kappa shape index (κ2) is 4.37. The lowest BCUT2D eigenvalue weighted by molar-refractivity contribution is 0.344. The lowest BCUT2D eigenvalue weighted by atomic mass is 10.2. The summed E-state index contributed by atoms with van der Waals surface area (Å²) < 4.78 is 9.19. The average molecular weight is 383 g/mol. The molecule has 0 N–H and O–H groups in total. The van der Waals surface area contributed by atoms with E-state index in [-0.39, 0.29) is 0 Å². The summed E-state index contributed by atoms with van der Waals surface area (Å²) in [7, 11) is 0. The van der Waals surface area contributed by atoms with Crippen LogP contribution in [0.3, 0.4) is 0 Å². The molecule has 2 rings (SSSR count). The Morgan fingerprint density at radius 3 is 2.93 bits per heavy atom. The zero-order valence-corrected chi connectivity index (χ0v) is 12.1. The van der Waals surface area contributed by atoms with Crippen molar-refractivity contribution in [2.45, 2.75) is 6.92 Å².